The Morgan fingerprint density at radius 3 is 2.32 bits per heavy atom. The zero-order valence-electron chi connectivity index (χ0n) is 17.1. The van der Waals surface area contributed by atoms with E-state index in [2.05, 4.69) is 34.6 Å². The predicted octanol–water partition coefficient (Wildman–Crippen LogP) is 2.20. The fourth-order valence-electron chi connectivity index (χ4n) is 3.78. The van der Waals surface area contributed by atoms with Crippen molar-refractivity contribution in [2.45, 2.75) is 20.8 Å². The number of nitrogens with zero attached hydrogens (tertiary/aromatic N) is 3. The van der Waals surface area contributed by atoms with Crippen LogP contribution in [0.5, 0.6) is 0 Å². The van der Waals surface area contributed by atoms with Crippen molar-refractivity contribution in [3.8, 4) is 5.69 Å². The standard InChI is InChI=1S/C21H29N3O3S/c1-16-6-5-7-19(14-16)24-17(2)15-20(18(24)3)21(25)23-10-8-22(9-11-23)12-13-28(4,26)27/h5-7,14-15H,8-13H2,1-4H3. The summed E-state index contributed by atoms with van der Waals surface area (Å²) in [5, 5.41) is 0. The van der Waals surface area contributed by atoms with E-state index < -0.39 is 9.84 Å². The van der Waals surface area contributed by atoms with Gasteiger partial charge in [0.2, 0.25) is 0 Å². The smallest absolute Gasteiger partial charge is 0.255 e. The lowest BCUT2D eigenvalue weighted by Crippen LogP contribution is -2.49. The highest BCUT2D eigenvalue weighted by molar-refractivity contribution is 7.90. The Morgan fingerprint density at radius 1 is 1.04 bits per heavy atom. The number of aryl methyl sites for hydroxylation is 2. The Balaban J connectivity index is 1.71. The van der Waals surface area contributed by atoms with Crippen LogP contribution in [-0.4, -0.2) is 73.4 Å². The summed E-state index contributed by atoms with van der Waals surface area (Å²) in [4.78, 5) is 17.1. The Morgan fingerprint density at radius 2 is 1.71 bits per heavy atom. The molecule has 7 heteroatoms. The highest BCUT2D eigenvalue weighted by Gasteiger charge is 2.25. The van der Waals surface area contributed by atoms with Gasteiger partial charge in [0.15, 0.2) is 0 Å². The maximum absolute atomic E-state index is 13.1. The molecule has 3 rings (SSSR count). The van der Waals surface area contributed by atoms with E-state index in [-0.39, 0.29) is 11.7 Å². The van der Waals surface area contributed by atoms with Gasteiger partial charge in [-0.25, -0.2) is 8.42 Å². The predicted molar refractivity (Wildman–Crippen MR) is 112 cm³/mol. The van der Waals surface area contributed by atoms with Gasteiger partial charge in [-0.3, -0.25) is 9.69 Å². The maximum atomic E-state index is 13.1. The first kappa shape index (κ1) is 20.6. The van der Waals surface area contributed by atoms with E-state index in [9.17, 15) is 13.2 Å². The first-order chi connectivity index (χ1) is 13.2. The molecule has 1 fully saturated rings. The molecule has 6 nitrogen and oxygen atoms in total. The van der Waals surface area contributed by atoms with Crippen LogP contribution in [0.1, 0.15) is 27.3 Å². The van der Waals surface area contributed by atoms with Crippen molar-refractivity contribution in [1.29, 1.82) is 0 Å². The van der Waals surface area contributed by atoms with E-state index in [4.69, 9.17) is 0 Å². The first-order valence-electron chi connectivity index (χ1n) is 9.61. The molecule has 0 unspecified atom stereocenters. The Hall–Kier alpha value is -2.12. The Bertz CT molecular complexity index is 971. The molecule has 1 aliphatic heterocycles. The third-order valence-electron chi connectivity index (χ3n) is 5.36. The lowest BCUT2D eigenvalue weighted by molar-refractivity contribution is 0.0643. The molecule has 28 heavy (non-hydrogen) atoms. The highest BCUT2D eigenvalue weighted by Crippen LogP contribution is 2.23. The average Bonchev–Trinajstić information content (AvgIpc) is 2.93. The minimum absolute atomic E-state index is 0.0507. The van der Waals surface area contributed by atoms with Crippen molar-refractivity contribution in [2.75, 3.05) is 44.7 Å². The number of aromatic nitrogens is 1. The summed E-state index contributed by atoms with van der Waals surface area (Å²) in [6, 6.07) is 10.2. The number of piperazine rings is 1. The quantitative estimate of drug-likeness (QED) is 0.768. The zero-order valence-corrected chi connectivity index (χ0v) is 17.9. The third-order valence-corrected chi connectivity index (χ3v) is 6.28. The molecule has 2 heterocycles. The van der Waals surface area contributed by atoms with E-state index in [1.165, 1.54) is 11.8 Å². The minimum atomic E-state index is -2.96. The highest BCUT2D eigenvalue weighted by atomic mass is 32.2. The van der Waals surface area contributed by atoms with Crippen LogP contribution in [0.25, 0.3) is 5.69 Å². The Labute approximate surface area is 167 Å². The number of carbonyl (C=O) groups excluding carboxylic acids is 1. The molecule has 0 bridgehead atoms. The molecule has 0 atom stereocenters. The van der Waals surface area contributed by atoms with E-state index in [1.54, 1.807) is 0 Å². The summed E-state index contributed by atoms with van der Waals surface area (Å²) in [6.45, 7) is 9.26. The third kappa shape index (κ3) is 4.64. The van der Waals surface area contributed by atoms with Gasteiger partial charge in [0, 0.05) is 56.1 Å². The van der Waals surface area contributed by atoms with Gasteiger partial charge in [-0.15, -0.1) is 0 Å². The molecule has 0 radical (unpaired) electrons. The average molecular weight is 404 g/mol. The second-order valence-corrected chi connectivity index (χ2v) is 9.98. The SMILES string of the molecule is Cc1cccc(-n2c(C)cc(C(=O)N3CCN(CCS(C)(=O)=O)CC3)c2C)c1. The molecular weight excluding hydrogens is 374 g/mol. The normalized spacial score (nSPS) is 15.8. The minimum Gasteiger partial charge on any atom is -0.336 e. The summed E-state index contributed by atoms with van der Waals surface area (Å²) >= 11 is 0. The van der Waals surface area contributed by atoms with Gasteiger partial charge in [0.25, 0.3) is 5.91 Å². The molecule has 1 aromatic heterocycles. The largest absolute Gasteiger partial charge is 0.336 e. The molecule has 152 valence electrons. The lowest BCUT2D eigenvalue weighted by atomic mass is 10.2. The van der Waals surface area contributed by atoms with Crippen LogP contribution in [0.3, 0.4) is 0 Å². The van der Waals surface area contributed by atoms with Crippen LogP contribution in [0.15, 0.2) is 30.3 Å². The van der Waals surface area contributed by atoms with E-state index in [0.29, 0.717) is 32.7 Å². The van der Waals surface area contributed by atoms with Crippen molar-refractivity contribution in [1.82, 2.24) is 14.4 Å². The number of hydrogen-bond donors (Lipinski definition) is 0. The maximum Gasteiger partial charge on any atom is 0.255 e. The monoisotopic (exact) mass is 403 g/mol. The van der Waals surface area contributed by atoms with Gasteiger partial charge in [-0.2, -0.15) is 0 Å². The van der Waals surface area contributed by atoms with Crippen molar-refractivity contribution < 1.29 is 13.2 Å². The van der Waals surface area contributed by atoms with E-state index in [1.807, 2.05) is 30.9 Å². The van der Waals surface area contributed by atoms with Crippen LogP contribution < -0.4 is 0 Å². The second-order valence-electron chi connectivity index (χ2n) is 7.72. The number of rotatable bonds is 5. The summed E-state index contributed by atoms with van der Waals surface area (Å²) in [7, 11) is -2.96. The molecule has 1 aromatic carbocycles. The summed E-state index contributed by atoms with van der Waals surface area (Å²) in [6.07, 6.45) is 1.26. The number of hydrogen-bond acceptors (Lipinski definition) is 4. The van der Waals surface area contributed by atoms with Crippen molar-refractivity contribution >= 4 is 15.7 Å². The van der Waals surface area contributed by atoms with Gasteiger partial charge in [0.05, 0.1) is 11.3 Å². The van der Waals surface area contributed by atoms with Gasteiger partial charge >= 0.3 is 0 Å². The van der Waals surface area contributed by atoms with Crippen LogP contribution in [0.4, 0.5) is 0 Å². The fraction of sp³-hybridized carbons (Fsp3) is 0.476. The van der Waals surface area contributed by atoms with Crippen molar-refractivity contribution in [2.24, 2.45) is 0 Å². The number of amides is 1. The topological polar surface area (TPSA) is 62.6 Å². The second kappa shape index (κ2) is 8.09. The Kier molecular flexibility index (Phi) is 5.95. The van der Waals surface area contributed by atoms with E-state index in [0.717, 1.165) is 22.6 Å². The molecule has 1 saturated heterocycles. The van der Waals surface area contributed by atoms with Crippen molar-refractivity contribution in [3.05, 3.63) is 52.8 Å². The number of benzene rings is 1. The van der Waals surface area contributed by atoms with Gasteiger partial charge in [0.1, 0.15) is 9.84 Å². The van der Waals surface area contributed by atoms with Crippen molar-refractivity contribution in [3.63, 3.8) is 0 Å². The molecule has 1 amide bonds. The molecule has 1 aliphatic rings. The van der Waals surface area contributed by atoms with Crippen LogP contribution in [0.2, 0.25) is 0 Å². The molecule has 2 aromatic rings. The molecular formula is C21H29N3O3S. The van der Waals surface area contributed by atoms with Crippen LogP contribution in [0, 0.1) is 20.8 Å². The summed E-state index contributed by atoms with van der Waals surface area (Å²) in [5.41, 5.74) is 4.98. The van der Waals surface area contributed by atoms with Crippen LogP contribution >= 0.6 is 0 Å². The molecule has 0 aliphatic carbocycles. The zero-order chi connectivity index (χ0) is 20.5. The first-order valence-corrected chi connectivity index (χ1v) is 11.7. The molecule has 0 saturated carbocycles. The van der Waals surface area contributed by atoms with E-state index >= 15 is 0 Å². The van der Waals surface area contributed by atoms with Gasteiger partial charge in [-0.1, -0.05) is 12.1 Å². The number of sulfone groups is 1. The fourth-order valence-corrected chi connectivity index (χ4v) is 4.37. The lowest BCUT2D eigenvalue weighted by Gasteiger charge is -2.34. The molecule has 0 N–H and O–H groups in total. The number of carbonyl (C=O) groups is 1. The summed E-state index contributed by atoms with van der Waals surface area (Å²) in [5.74, 6) is 0.216. The van der Waals surface area contributed by atoms with Crippen LogP contribution in [-0.2, 0) is 9.84 Å². The summed E-state index contributed by atoms with van der Waals surface area (Å²) < 4.78 is 24.8. The van der Waals surface area contributed by atoms with Gasteiger partial charge in [-0.05, 0) is 44.5 Å². The molecule has 0 spiro atoms. The van der Waals surface area contributed by atoms with Gasteiger partial charge < -0.3 is 9.47 Å².